The molecule has 1 saturated heterocycles. The highest BCUT2D eigenvalue weighted by Gasteiger charge is 2.29. The van der Waals surface area contributed by atoms with E-state index in [1.165, 1.54) is 7.11 Å². The molecule has 0 atom stereocenters. The van der Waals surface area contributed by atoms with Gasteiger partial charge in [-0.1, -0.05) is 36.4 Å². The van der Waals surface area contributed by atoms with Gasteiger partial charge in [0.2, 0.25) is 5.91 Å². The van der Waals surface area contributed by atoms with Crippen LogP contribution in [-0.2, 0) is 23.9 Å². The van der Waals surface area contributed by atoms with Crippen molar-refractivity contribution in [2.75, 3.05) is 69.5 Å². The Balaban J connectivity index is 0.000000785. The van der Waals surface area contributed by atoms with Crippen LogP contribution in [0.5, 0.6) is 0 Å². The first-order valence-corrected chi connectivity index (χ1v) is 14.3. The number of methoxy groups -OCH3 is 1. The van der Waals surface area contributed by atoms with Gasteiger partial charge in [-0.05, 0) is 49.0 Å². The number of ether oxygens (including phenoxy) is 1. The van der Waals surface area contributed by atoms with E-state index in [0.717, 1.165) is 43.1 Å². The molecule has 0 unspecified atom stereocenters. The van der Waals surface area contributed by atoms with Crippen molar-refractivity contribution in [2.45, 2.75) is 0 Å². The highest BCUT2D eigenvalue weighted by Crippen LogP contribution is 2.38. The minimum absolute atomic E-state index is 0. The second kappa shape index (κ2) is 16.1. The molecule has 0 spiro atoms. The molecule has 0 saturated carbocycles. The lowest BCUT2D eigenvalue weighted by molar-refractivity contribution is -0.159. The minimum Gasteiger partial charge on any atom is -0.473 e. The van der Waals surface area contributed by atoms with Gasteiger partial charge in [0, 0.05) is 50.2 Å². The quantitative estimate of drug-likeness (QED) is 0.166. The van der Waals surface area contributed by atoms with Crippen LogP contribution in [0.3, 0.4) is 0 Å². The third-order valence-corrected chi connectivity index (χ3v) is 7.53. The SMILES string of the molecule is COC(=O)c1ccc2c(c1)NC(=O)C2=C(Nc1ccc(N(C)C(=O)CN2CCN(C)CC2)cc1)c1ccccc1.O.O=C(O)C(=O)O. The standard InChI is InChI=1S/C31H33N5O4.C2H2O4.H2O/c1-34-15-17-36(18-16-34)20-27(37)35(2)24-12-10-23(11-13-24)32-29(21-7-5-4-6-8-21)28-25-14-9-22(31(39)40-3)19-26(25)33-30(28)38;3-1(4)2(5)6;/h4-14,19,32H,15-18,20H2,1-3H3,(H,33,38);(H,3,4)(H,5,6);1H2. The van der Waals surface area contributed by atoms with Gasteiger partial charge in [-0.15, -0.1) is 0 Å². The van der Waals surface area contributed by atoms with Crippen LogP contribution in [0.2, 0.25) is 0 Å². The molecule has 5 rings (SSSR count). The Hall–Kier alpha value is -5.57. The molecule has 2 aliphatic heterocycles. The Morgan fingerprint density at radius 3 is 2.09 bits per heavy atom. The maximum absolute atomic E-state index is 13.2. The van der Waals surface area contributed by atoms with Crippen LogP contribution in [0.25, 0.3) is 11.3 Å². The summed E-state index contributed by atoms with van der Waals surface area (Å²) < 4.78 is 4.82. The maximum atomic E-state index is 13.2. The summed E-state index contributed by atoms with van der Waals surface area (Å²) in [5, 5.41) is 21.1. The average Bonchev–Trinajstić information content (AvgIpc) is 3.39. The third kappa shape index (κ3) is 9.00. The van der Waals surface area contributed by atoms with Gasteiger partial charge in [-0.3, -0.25) is 14.5 Å². The first kappa shape index (κ1) is 35.9. The molecule has 2 heterocycles. The molecule has 0 aromatic heterocycles. The largest absolute Gasteiger partial charge is 0.473 e. The predicted octanol–water partition coefficient (Wildman–Crippen LogP) is 1.95. The first-order chi connectivity index (χ1) is 22.0. The smallest absolute Gasteiger partial charge is 0.414 e. The summed E-state index contributed by atoms with van der Waals surface area (Å²) in [6.07, 6.45) is 0. The van der Waals surface area contributed by atoms with Crippen LogP contribution in [0.15, 0.2) is 72.8 Å². The van der Waals surface area contributed by atoms with Gasteiger partial charge in [-0.2, -0.15) is 0 Å². The molecule has 14 nitrogen and oxygen atoms in total. The van der Waals surface area contributed by atoms with Crippen molar-refractivity contribution in [2.24, 2.45) is 0 Å². The number of aliphatic carboxylic acids is 2. The highest BCUT2D eigenvalue weighted by molar-refractivity contribution is 6.37. The average molecular weight is 648 g/mol. The Morgan fingerprint density at radius 2 is 1.51 bits per heavy atom. The van der Waals surface area contributed by atoms with Crippen molar-refractivity contribution < 1.29 is 44.4 Å². The Bertz CT molecular complexity index is 1640. The van der Waals surface area contributed by atoms with E-state index in [2.05, 4.69) is 27.5 Å². The molecule has 3 aromatic rings. The van der Waals surface area contributed by atoms with E-state index < -0.39 is 17.9 Å². The molecular weight excluding hydrogens is 610 g/mol. The second-order valence-electron chi connectivity index (χ2n) is 10.6. The summed E-state index contributed by atoms with van der Waals surface area (Å²) in [6.45, 7) is 4.09. The number of esters is 1. The summed E-state index contributed by atoms with van der Waals surface area (Å²) in [5.74, 6) is -4.34. The fourth-order valence-electron chi connectivity index (χ4n) is 4.91. The number of likely N-dealkylation sites (N-methyl/N-ethyl adjacent to an activating group) is 2. The molecule has 0 radical (unpaired) electrons. The fraction of sp³-hybridized carbons (Fsp3) is 0.242. The molecular formula is C33H37N5O9. The number of fused-ring (bicyclic) bond motifs is 1. The lowest BCUT2D eigenvalue weighted by Gasteiger charge is -2.32. The summed E-state index contributed by atoms with van der Waals surface area (Å²) in [4.78, 5) is 62.5. The molecule has 2 amide bonds. The van der Waals surface area contributed by atoms with Gasteiger partial charge >= 0.3 is 17.9 Å². The molecule has 0 bridgehead atoms. The van der Waals surface area contributed by atoms with E-state index in [0.29, 0.717) is 34.6 Å². The third-order valence-electron chi connectivity index (χ3n) is 7.53. The van der Waals surface area contributed by atoms with Crippen LogP contribution < -0.4 is 15.5 Å². The van der Waals surface area contributed by atoms with Crippen LogP contribution in [0.4, 0.5) is 17.1 Å². The monoisotopic (exact) mass is 647 g/mol. The van der Waals surface area contributed by atoms with Crippen LogP contribution >= 0.6 is 0 Å². The number of hydrogen-bond donors (Lipinski definition) is 4. The normalized spacial score (nSPS) is 15.1. The second-order valence-corrected chi connectivity index (χ2v) is 10.6. The van der Waals surface area contributed by atoms with Crippen molar-refractivity contribution in [1.82, 2.24) is 9.80 Å². The molecule has 248 valence electrons. The van der Waals surface area contributed by atoms with Crippen molar-refractivity contribution in [3.05, 3.63) is 89.5 Å². The number of rotatable bonds is 7. The van der Waals surface area contributed by atoms with Gasteiger partial charge in [-0.25, -0.2) is 14.4 Å². The zero-order valence-electron chi connectivity index (χ0n) is 26.1. The maximum Gasteiger partial charge on any atom is 0.414 e. The molecule has 6 N–H and O–H groups in total. The highest BCUT2D eigenvalue weighted by atomic mass is 16.5. The van der Waals surface area contributed by atoms with Gasteiger partial charge < -0.3 is 40.9 Å². The van der Waals surface area contributed by atoms with E-state index in [1.54, 1.807) is 30.1 Å². The Kier molecular flexibility index (Phi) is 12.3. The van der Waals surface area contributed by atoms with Gasteiger partial charge in [0.25, 0.3) is 5.91 Å². The topological polar surface area (TPSA) is 200 Å². The number of carboxylic acids is 2. The Morgan fingerprint density at radius 1 is 0.894 bits per heavy atom. The first-order valence-electron chi connectivity index (χ1n) is 14.3. The number of nitrogens with zero attached hydrogens (tertiary/aromatic N) is 3. The van der Waals surface area contributed by atoms with Gasteiger partial charge in [0.05, 0.1) is 36.2 Å². The zero-order valence-corrected chi connectivity index (χ0v) is 26.1. The number of carbonyl (C=O) groups is 5. The predicted molar refractivity (Wildman–Crippen MR) is 176 cm³/mol. The number of hydrogen-bond acceptors (Lipinski definition) is 9. The molecule has 2 aliphatic rings. The van der Waals surface area contributed by atoms with E-state index in [9.17, 15) is 14.4 Å². The molecule has 0 aliphatic carbocycles. The van der Waals surface area contributed by atoms with Gasteiger partial charge in [0.1, 0.15) is 0 Å². The molecule has 1 fully saturated rings. The number of anilines is 3. The number of carbonyl (C=O) groups excluding carboxylic acids is 3. The number of amides is 2. The fourth-order valence-corrected chi connectivity index (χ4v) is 4.91. The van der Waals surface area contributed by atoms with E-state index >= 15 is 0 Å². The van der Waals surface area contributed by atoms with Crippen molar-refractivity contribution in [3.8, 4) is 0 Å². The number of carboxylic acid groups (broad SMARTS) is 2. The van der Waals surface area contributed by atoms with E-state index in [1.807, 2.05) is 54.6 Å². The minimum atomic E-state index is -1.82. The van der Waals surface area contributed by atoms with Crippen LogP contribution in [0.1, 0.15) is 21.5 Å². The summed E-state index contributed by atoms with van der Waals surface area (Å²) >= 11 is 0. The van der Waals surface area contributed by atoms with Gasteiger partial charge in [0.15, 0.2) is 0 Å². The van der Waals surface area contributed by atoms with E-state index in [4.69, 9.17) is 24.5 Å². The van der Waals surface area contributed by atoms with Crippen LogP contribution in [-0.4, -0.2) is 109 Å². The van der Waals surface area contributed by atoms with Crippen LogP contribution in [0, 0.1) is 0 Å². The lowest BCUT2D eigenvalue weighted by atomic mass is 9.99. The van der Waals surface area contributed by atoms with Crippen molar-refractivity contribution in [3.63, 3.8) is 0 Å². The molecule has 14 heteroatoms. The summed E-state index contributed by atoms with van der Waals surface area (Å²) in [5.41, 5.74) is 5.10. The zero-order chi connectivity index (χ0) is 33.4. The molecule has 3 aromatic carbocycles. The summed E-state index contributed by atoms with van der Waals surface area (Å²) in [6, 6.07) is 22.2. The Labute approximate surface area is 271 Å². The molecule has 47 heavy (non-hydrogen) atoms. The van der Waals surface area contributed by atoms with Crippen molar-refractivity contribution in [1.29, 1.82) is 0 Å². The van der Waals surface area contributed by atoms with E-state index in [-0.39, 0.29) is 17.3 Å². The van der Waals surface area contributed by atoms with Crippen molar-refractivity contribution >= 4 is 58.1 Å². The lowest BCUT2D eigenvalue weighted by Crippen LogP contribution is -2.48. The summed E-state index contributed by atoms with van der Waals surface area (Å²) in [7, 11) is 5.21. The number of benzene rings is 3. The number of piperazine rings is 1. The number of nitrogens with one attached hydrogen (secondary N) is 2.